The molecule has 2 fully saturated rings. The number of sulfonamides is 1. The molecule has 0 aliphatic carbocycles. The topological polar surface area (TPSA) is 139 Å². The van der Waals surface area contributed by atoms with E-state index < -0.39 is 27.7 Å². The molecule has 3 N–H and O–H groups in total. The van der Waals surface area contributed by atoms with Crippen LogP contribution in [0.2, 0.25) is 0 Å². The molecule has 1 spiro atoms. The molecule has 3 atom stereocenters. The monoisotopic (exact) mass is 630 g/mol. The zero-order valence-electron chi connectivity index (χ0n) is 27.3. The van der Waals surface area contributed by atoms with Crippen molar-refractivity contribution in [2.75, 3.05) is 32.7 Å². The minimum atomic E-state index is -3.64. The number of unbranched alkanes of at least 4 members (excludes halogenated alkanes) is 1. The summed E-state index contributed by atoms with van der Waals surface area (Å²) in [5.74, 6) is -0.588. The van der Waals surface area contributed by atoms with Crippen LogP contribution in [-0.2, 0) is 19.6 Å². The molecule has 0 saturated carbocycles. The van der Waals surface area contributed by atoms with E-state index in [4.69, 9.17) is 0 Å². The van der Waals surface area contributed by atoms with Gasteiger partial charge in [-0.3, -0.25) is 19.6 Å². The average Bonchev–Trinajstić information content (AvgIpc) is 3.50. The first-order valence-corrected chi connectivity index (χ1v) is 17.4. The summed E-state index contributed by atoms with van der Waals surface area (Å²) >= 11 is 0. The van der Waals surface area contributed by atoms with Gasteiger partial charge >= 0.3 is 0 Å². The lowest BCUT2D eigenvalue weighted by atomic mass is 9.79. The molecule has 44 heavy (non-hydrogen) atoms. The smallest absolute Gasteiger partial charge is 0.248 e. The Balaban J connectivity index is 1.67. The van der Waals surface area contributed by atoms with E-state index in [0.717, 1.165) is 24.0 Å². The molecular formula is C32H50N6O5S. The summed E-state index contributed by atoms with van der Waals surface area (Å²) in [5.41, 5.74) is 2.28. The number of aryl methyl sites for hydroxylation is 2. The van der Waals surface area contributed by atoms with E-state index in [9.17, 15) is 23.1 Å². The molecule has 2 amide bonds. The third-order valence-corrected chi connectivity index (χ3v) is 11.8. The van der Waals surface area contributed by atoms with Crippen molar-refractivity contribution in [1.29, 1.82) is 0 Å². The molecule has 4 rings (SSSR count). The number of aliphatic hydroxyl groups is 1. The normalized spacial score (nSPS) is 20.9. The number of piperidine rings is 1. The molecule has 2 aromatic rings. The van der Waals surface area contributed by atoms with Crippen LogP contribution in [0.25, 0.3) is 0 Å². The van der Waals surface area contributed by atoms with E-state index in [1.165, 1.54) is 4.31 Å². The third kappa shape index (κ3) is 6.18. The van der Waals surface area contributed by atoms with Crippen LogP contribution in [0.5, 0.6) is 0 Å². The van der Waals surface area contributed by atoms with Crippen molar-refractivity contribution in [3.63, 3.8) is 0 Å². The fourth-order valence-electron chi connectivity index (χ4n) is 7.01. The number of hydrogen-bond acceptors (Lipinski definition) is 7. The number of piperazine rings is 1. The van der Waals surface area contributed by atoms with E-state index in [1.54, 1.807) is 11.1 Å². The molecule has 1 aromatic heterocycles. The van der Waals surface area contributed by atoms with E-state index >= 15 is 0 Å². The van der Waals surface area contributed by atoms with Crippen molar-refractivity contribution < 1.29 is 23.1 Å². The lowest BCUT2D eigenvalue weighted by molar-refractivity contribution is -0.165. The summed E-state index contributed by atoms with van der Waals surface area (Å²) in [6, 6.07) is 2.73. The summed E-state index contributed by atoms with van der Waals surface area (Å²) in [6.07, 6.45) is 5.21. The summed E-state index contributed by atoms with van der Waals surface area (Å²) < 4.78 is 28.5. The predicted molar refractivity (Wildman–Crippen MR) is 169 cm³/mol. The summed E-state index contributed by atoms with van der Waals surface area (Å²) in [5, 5.41) is 20.8. The van der Waals surface area contributed by atoms with Crippen molar-refractivity contribution in [3.8, 4) is 0 Å². The molecule has 1 unspecified atom stereocenters. The first-order chi connectivity index (χ1) is 20.8. The highest BCUT2D eigenvalue weighted by molar-refractivity contribution is 7.89. The molecule has 12 heteroatoms. The second-order valence-corrected chi connectivity index (χ2v) is 14.5. The van der Waals surface area contributed by atoms with E-state index in [1.807, 2.05) is 59.9 Å². The SMILES string of the molecule is CCCCN1C(=O)[C@@H]([C@H](O)C(C)C)NC(=O)C12CCN(C(c1cn[nH]c1)c1cc(C)c(S(=O)(=O)N(CC)CC)c(C)c1)CC2. The van der Waals surface area contributed by atoms with Gasteiger partial charge in [0.05, 0.1) is 23.2 Å². The second-order valence-electron chi connectivity index (χ2n) is 12.6. The summed E-state index contributed by atoms with van der Waals surface area (Å²) in [6.45, 7) is 15.4. The van der Waals surface area contributed by atoms with E-state index in [2.05, 4.69) is 27.3 Å². The Morgan fingerprint density at radius 1 is 1.07 bits per heavy atom. The highest BCUT2D eigenvalue weighted by Crippen LogP contribution is 2.40. The maximum atomic E-state index is 13.8. The molecule has 11 nitrogen and oxygen atoms in total. The molecule has 0 radical (unpaired) electrons. The largest absolute Gasteiger partial charge is 0.390 e. The Morgan fingerprint density at radius 2 is 1.68 bits per heavy atom. The van der Waals surface area contributed by atoms with Crippen molar-refractivity contribution in [1.82, 2.24) is 29.6 Å². The van der Waals surface area contributed by atoms with Crippen LogP contribution >= 0.6 is 0 Å². The molecule has 2 aliphatic heterocycles. The zero-order chi connectivity index (χ0) is 32.4. The quantitative estimate of drug-likeness (QED) is 0.328. The number of nitrogens with zero attached hydrogens (tertiary/aromatic N) is 4. The van der Waals surface area contributed by atoms with Crippen LogP contribution in [0, 0.1) is 19.8 Å². The molecule has 1 aromatic carbocycles. The highest BCUT2D eigenvalue weighted by Gasteiger charge is 2.55. The number of benzene rings is 1. The second kappa shape index (κ2) is 13.7. The van der Waals surface area contributed by atoms with Gasteiger partial charge in [0.1, 0.15) is 11.6 Å². The number of aromatic amines is 1. The first-order valence-electron chi connectivity index (χ1n) is 16.0. The van der Waals surface area contributed by atoms with Crippen LogP contribution in [0.15, 0.2) is 29.4 Å². The van der Waals surface area contributed by atoms with Crippen LogP contribution in [0.3, 0.4) is 0 Å². The number of aliphatic hydroxyl groups excluding tert-OH is 1. The zero-order valence-corrected chi connectivity index (χ0v) is 28.1. The average molecular weight is 631 g/mol. The number of amides is 2. The minimum Gasteiger partial charge on any atom is -0.390 e. The van der Waals surface area contributed by atoms with Gasteiger partial charge in [0, 0.05) is 44.5 Å². The van der Waals surface area contributed by atoms with Gasteiger partial charge in [0.25, 0.3) is 0 Å². The van der Waals surface area contributed by atoms with Crippen molar-refractivity contribution in [2.45, 2.75) is 103 Å². The fraction of sp³-hybridized carbons (Fsp3) is 0.656. The number of likely N-dealkylation sites (tertiary alicyclic amines) is 1. The molecular weight excluding hydrogens is 580 g/mol. The minimum absolute atomic E-state index is 0.177. The summed E-state index contributed by atoms with van der Waals surface area (Å²) in [7, 11) is -3.64. The van der Waals surface area contributed by atoms with Crippen molar-refractivity contribution in [2.24, 2.45) is 5.92 Å². The molecule has 2 saturated heterocycles. The number of nitrogens with one attached hydrogen (secondary N) is 2. The maximum absolute atomic E-state index is 13.8. The predicted octanol–water partition coefficient (Wildman–Crippen LogP) is 3.13. The Bertz CT molecular complexity index is 1390. The number of hydrogen-bond donors (Lipinski definition) is 3. The molecule has 3 heterocycles. The molecule has 244 valence electrons. The van der Waals surface area contributed by atoms with Gasteiger partial charge in [-0.05, 0) is 55.7 Å². The Morgan fingerprint density at radius 3 is 2.18 bits per heavy atom. The van der Waals surface area contributed by atoms with Gasteiger partial charge in [-0.25, -0.2) is 8.42 Å². The van der Waals surface area contributed by atoms with Gasteiger partial charge in [-0.2, -0.15) is 9.40 Å². The van der Waals surface area contributed by atoms with Gasteiger partial charge in [-0.15, -0.1) is 0 Å². The molecule has 2 aliphatic rings. The Labute approximate surface area is 262 Å². The van der Waals surface area contributed by atoms with Crippen molar-refractivity contribution >= 4 is 21.8 Å². The van der Waals surface area contributed by atoms with Crippen molar-refractivity contribution in [3.05, 3.63) is 46.8 Å². The van der Waals surface area contributed by atoms with Gasteiger partial charge in [0.2, 0.25) is 21.8 Å². The number of carbonyl (C=O) groups is 2. The highest BCUT2D eigenvalue weighted by atomic mass is 32.2. The molecule has 0 bridgehead atoms. The fourth-order valence-corrected chi connectivity index (χ4v) is 8.88. The van der Waals surface area contributed by atoms with E-state index in [0.29, 0.717) is 61.6 Å². The van der Waals surface area contributed by atoms with Crippen LogP contribution in [0.4, 0.5) is 0 Å². The van der Waals surface area contributed by atoms with Crippen LogP contribution < -0.4 is 5.32 Å². The van der Waals surface area contributed by atoms with Gasteiger partial charge in [-0.1, -0.05) is 53.2 Å². The van der Waals surface area contributed by atoms with Crippen LogP contribution in [0.1, 0.15) is 88.6 Å². The number of rotatable bonds is 12. The lowest BCUT2D eigenvalue weighted by Crippen LogP contribution is -2.75. The number of aromatic nitrogens is 2. The Kier molecular flexibility index (Phi) is 10.6. The van der Waals surface area contributed by atoms with Crippen LogP contribution in [-0.4, -0.2) is 100 Å². The van der Waals surface area contributed by atoms with E-state index in [-0.39, 0.29) is 23.8 Å². The maximum Gasteiger partial charge on any atom is 0.248 e. The number of H-pyrrole nitrogens is 1. The number of carbonyl (C=O) groups excluding carboxylic acids is 2. The Hall–Kier alpha value is -2.80. The first kappa shape index (κ1) is 34.1. The van der Waals surface area contributed by atoms with Gasteiger partial charge in [0.15, 0.2) is 0 Å². The standard InChI is InChI=1S/C32H50N6O5S/c1-8-11-14-38-30(40)26(28(39)21(4)5)35-31(41)32(38)12-15-36(16-13-32)27(25-19-33-34-20-25)24-17-22(6)29(23(7)18-24)44(42,43)37(9-2)10-3/h17-21,26-28,39H,8-16H2,1-7H3,(H,33,34)(H,35,41)/t26-,27?,28-/m1/s1. The summed E-state index contributed by atoms with van der Waals surface area (Å²) in [4.78, 5) is 32.0. The lowest BCUT2D eigenvalue weighted by Gasteiger charge is -2.53. The third-order valence-electron chi connectivity index (χ3n) is 9.44. The van der Waals surface area contributed by atoms with Gasteiger partial charge < -0.3 is 15.3 Å².